The van der Waals surface area contributed by atoms with Gasteiger partial charge in [-0.3, -0.25) is 4.79 Å². The lowest BCUT2D eigenvalue weighted by atomic mass is 9.84. The van der Waals surface area contributed by atoms with Gasteiger partial charge in [-0.15, -0.1) is 0 Å². The molecular formula is C9H15BO4. The van der Waals surface area contributed by atoms with Gasteiger partial charge in [0.25, 0.3) is 0 Å². The molecule has 1 aliphatic carbocycles. The molecule has 0 amide bonds. The third-order valence-electron chi connectivity index (χ3n) is 2.54. The minimum absolute atomic E-state index is 0.274. The van der Waals surface area contributed by atoms with Crippen LogP contribution in [0.2, 0.25) is 6.32 Å². The van der Waals surface area contributed by atoms with Gasteiger partial charge < -0.3 is 15.2 Å². The molecule has 0 aromatic rings. The predicted molar refractivity (Wildman–Crippen MR) is 52.7 cm³/mol. The lowest BCUT2D eigenvalue weighted by Gasteiger charge is -2.05. The first-order valence-electron chi connectivity index (χ1n) is 4.89. The number of carboxylic acid groups (broad SMARTS) is 1. The molecule has 0 aromatic carbocycles. The molecule has 0 aromatic heterocycles. The van der Waals surface area contributed by atoms with Gasteiger partial charge in [-0.2, -0.15) is 0 Å². The Morgan fingerprint density at radius 2 is 2.29 bits per heavy atom. The Labute approximate surface area is 83.4 Å². The van der Waals surface area contributed by atoms with Crippen molar-refractivity contribution in [1.82, 2.24) is 0 Å². The highest BCUT2D eigenvalue weighted by Gasteiger charge is 2.26. The molecule has 14 heavy (non-hydrogen) atoms. The van der Waals surface area contributed by atoms with Crippen LogP contribution in [0.15, 0.2) is 11.6 Å². The fraction of sp³-hybridized carbons (Fsp3) is 0.667. The van der Waals surface area contributed by atoms with E-state index in [0.717, 1.165) is 18.4 Å². The van der Waals surface area contributed by atoms with Crippen LogP contribution in [0.5, 0.6) is 0 Å². The van der Waals surface area contributed by atoms with Crippen LogP contribution in [0, 0.1) is 5.92 Å². The Hall–Kier alpha value is -0.805. The van der Waals surface area contributed by atoms with Crippen molar-refractivity contribution in [1.29, 1.82) is 0 Å². The Balaban J connectivity index is 2.45. The number of hydrogen-bond acceptors (Lipinski definition) is 3. The highest BCUT2D eigenvalue weighted by molar-refractivity contribution is 6.40. The minimum atomic E-state index is -1.29. The lowest BCUT2D eigenvalue weighted by molar-refractivity contribution is -0.140. The van der Waals surface area contributed by atoms with Crippen molar-refractivity contribution in [3.63, 3.8) is 0 Å². The molecule has 78 valence electrons. The molecule has 0 aliphatic heterocycles. The molecule has 0 bridgehead atoms. The summed E-state index contributed by atoms with van der Waals surface area (Å²) >= 11 is 0. The predicted octanol–water partition coefficient (Wildman–Crippen LogP) is 0.660. The van der Waals surface area contributed by atoms with E-state index in [1.54, 1.807) is 0 Å². The normalized spacial score (nSPS) is 24.1. The maximum atomic E-state index is 10.8. The van der Waals surface area contributed by atoms with E-state index in [2.05, 4.69) is 0 Å². The zero-order valence-electron chi connectivity index (χ0n) is 8.02. The second kappa shape index (κ2) is 5.17. The summed E-state index contributed by atoms with van der Waals surface area (Å²) in [5, 5.41) is 26.1. The molecule has 0 heterocycles. The molecule has 1 unspecified atom stereocenters. The quantitative estimate of drug-likeness (QED) is 0.458. The number of carbonyl (C=O) groups is 1. The Bertz CT molecular complexity index is 237. The summed E-state index contributed by atoms with van der Waals surface area (Å²) < 4.78 is 0. The van der Waals surface area contributed by atoms with Gasteiger partial charge in [-0.25, -0.2) is 0 Å². The Kier molecular flexibility index (Phi) is 4.16. The van der Waals surface area contributed by atoms with Crippen molar-refractivity contribution in [3.8, 4) is 0 Å². The second-order valence-corrected chi connectivity index (χ2v) is 3.62. The highest BCUT2D eigenvalue weighted by atomic mass is 16.4. The van der Waals surface area contributed by atoms with E-state index >= 15 is 0 Å². The minimum Gasteiger partial charge on any atom is -0.481 e. The fourth-order valence-corrected chi connectivity index (χ4v) is 1.81. The van der Waals surface area contributed by atoms with Gasteiger partial charge in [-0.1, -0.05) is 11.6 Å². The molecular weight excluding hydrogens is 183 g/mol. The summed E-state index contributed by atoms with van der Waals surface area (Å²) in [6.07, 6.45) is 5.11. The van der Waals surface area contributed by atoms with Gasteiger partial charge in [0.2, 0.25) is 0 Å². The Morgan fingerprint density at radius 1 is 1.57 bits per heavy atom. The summed E-state index contributed by atoms with van der Waals surface area (Å²) in [5.41, 5.74) is 0.943. The zero-order chi connectivity index (χ0) is 10.6. The lowest BCUT2D eigenvalue weighted by Crippen LogP contribution is -2.12. The van der Waals surface area contributed by atoms with Gasteiger partial charge in [0, 0.05) is 0 Å². The number of carboxylic acids is 1. The first-order chi connectivity index (χ1) is 6.61. The molecule has 4 nitrogen and oxygen atoms in total. The molecule has 0 saturated heterocycles. The molecule has 1 rings (SSSR count). The van der Waals surface area contributed by atoms with E-state index in [1.807, 2.05) is 6.08 Å². The SMILES string of the molecule is O=C(O)C1CCC/C1=C\CCB(O)O. The number of rotatable bonds is 4. The average Bonchev–Trinajstić information content (AvgIpc) is 2.51. The van der Waals surface area contributed by atoms with E-state index < -0.39 is 13.1 Å². The van der Waals surface area contributed by atoms with E-state index in [9.17, 15) is 4.79 Å². The third-order valence-corrected chi connectivity index (χ3v) is 2.54. The van der Waals surface area contributed by atoms with E-state index in [-0.39, 0.29) is 12.2 Å². The monoisotopic (exact) mass is 198 g/mol. The molecule has 1 atom stereocenters. The first kappa shape index (κ1) is 11.3. The number of aliphatic carboxylic acids is 1. The van der Waals surface area contributed by atoms with Crippen LogP contribution in [0.3, 0.4) is 0 Å². The fourth-order valence-electron chi connectivity index (χ4n) is 1.81. The Morgan fingerprint density at radius 3 is 2.86 bits per heavy atom. The van der Waals surface area contributed by atoms with Crippen LogP contribution in [-0.2, 0) is 4.79 Å². The topological polar surface area (TPSA) is 77.8 Å². The molecule has 0 spiro atoms. The summed E-state index contributed by atoms with van der Waals surface area (Å²) in [6.45, 7) is 0. The molecule has 1 saturated carbocycles. The van der Waals surface area contributed by atoms with Crippen LogP contribution < -0.4 is 0 Å². The zero-order valence-corrected chi connectivity index (χ0v) is 8.02. The molecule has 1 fully saturated rings. The van der Waals surface area contributed by atoms with Gasteiger partial charge in [-0.05, 0) is 32.0 Å². The van der Waals surface area contributed by atoms with E-state index in [0.29, 0.717) is 12.8 Å². The van der Waals surface area contributed by atoms with Gasteiger partial charge in [0.15, 0.2) is 0 Å². The van der Waals surface area contributed by atoms with Crippen LogP contribution in [0.1, 0.15) is 25.7 Å². The molecule has 5 heteroatoms. The molecule has 3 N–H and O–H groups in total. The second-order valence-electron chi connectivity index (χ2n) is 3.62. The van der Waals surface area contributed by atoms with Crippen molar-refractivity contribution >= 4 is 13.1 Å². The summed E-state index contributed by atoms with van der Waals surface area (Å²) in [6, 6.07) is 0. The van der Waals surface area contributed by atoms with E-state index in [1.165, 1.54) is 0 Å². The van der Waals surface area contributed by atoms with Gasteiger partial charge >= 0.3 is 13.1 Å². The van der Waals surface area contributed by atoms with Crippen LogP contribution in [0.25, 0.3) is 0 Å². The smallest absolute Gasteiger partial charge is 0.451 e. The van der Waals surface area contributed by atoms with Crippen molar-refractivity contribution in [3.05, 3.63) is 11.6 Å². The number of allylic oxidation sites excluding steroid dienone is 1. The first-order valence-corrected chi connectivity index (χ1v) is 4.89. The third kappa shape index (κ3) is 3.16. The maximum Gasteiger partial charge on any atom is 0.451 e. The van der Waals surface area contributed by atoms with E-state index in [4.69, 9.17) is 15.2 Å². The standard InChI is InChI=1S/C9H15BO4/c11-9(12)8-5-1-3-7(8)4-2-6-10(13)14/h4,8,13-14H,1-3,5-6H2,(H,11,12)/b7-4+. The van der Waals surface area contributed by atoms with Crippen LogP contribution in [-0.4, -0.2) is 28.2 Å². The van der Waals surface area contributed by atoms with Gasteiger partial charge in [0.05, 0.1) is 5.92 Å². The summed E-state index contributed by atoms with van der Waals surface area (Å²) in [7, 11) is -1.29. The molecule has 1 aliphatic rings. The number of hydrogen-bond donors (Lipinski definition) is 3. The highest BCUT2D eigenvalue weighted by Crippen LogP contribution is 2.31. The summed E-state index contributed by atoms with van der Waals surface area (Å²) in [4.78, 5) is 10.8. The van der Waals surface area contributed by atoms with Crippen molar-refractivity contribution in [2.24, 2.45) is 5.92 Å². The van der Waals surface area contributed by atoms with Gasteiger partial charge in [0.1, 0.15) is 0 Å². The largest absolute Gasteiger partial charge is 0.481 e. The van der Waals surface area contributed by atoms with Crippen molar-refractivity contribution < 1.29 is 19.9 Å². The maximum absolute atomic E-state index is 10.8. The van der Waals surface area contributed by atoms with Crippen molar-refractivity contribution in [2.75, 3.05) is 0 Å². The van der Waals surface area contributed by atoms with Crippen LogP contribution >= 0.6 is 0 Å². The van der Waals surface area contributed by atoms with Crippen molar-refractivity contribution in [2.45, 2.75) is 32.0 Å². The molecule has 0 radical (unpaired) electrons. The summed E-state index contributed by atoms with van der Waals surface area (Å²) in [5.74, 6) is -1.11. The van der Waals surface area contributed by atoms with Crippen LogP contribution in [0.4, 0.5) is 0 Å². The average molecular weight is 198 g/mol.